The van der Waals surface area contributed by atoms with Gasteiger partial charge < -0.3 is 5.32 Å². The standard InChI is InChI=1S/C10H7N3O4S/c14-9-5-6-12(18-9)10(15)11-7-1-3-8(4-2-7)13(16)17/h1-6H,(H,11,15). The van der Waals surface area contributed by atoms with E-state index < -0.39 is 11.0 Å². The molecule has 0 radical (unpaired) electrons. The van der Waals surface area contributed by atoms with Crippen molar-refractivity contribution in [2.75, 3.05) is 5.32 Å². The molecule has 0 bridgehead atoms. The Labute approximate surface area is 105 Å². The number of non-ortho nitro benzene ring substituents is 1. The molecule has 1 N–H and O–H groups in total. The maximum Gasteiger partial charge on any atom is 0.339 e. The predicted octanol–water partition coefficient (Wildman–Crippen LogP) is 1.90. The number of nitrogens with zero attached hydrogens (tertiary/aromatic N) is 2. The van der Waals surface area contributed by atoms with E-state index in [0.29, 0.717) is 5.69 Å². The summed E-state index contributed by atoms with van der Waals surface area (Å²) < 4.78 is 0.915. The van der Waals surface area contributed by atoms with Gasteiger partial charge in [-0.1, -0.05) is 0 Å². The molecule has 2 aromatic rings. The summed E-state index contributed by atoms with van der Waals surface area (Å²) in [6.45, 7) is 0. The molecule has 0 aliphatic heterocycles. The van der Waals surface area contributed by atoms with Crippen LogP contribution in [0, 0.1) is 10.1 Å². The highest BCUT2D eigenvalue weighted by Gasteiger charge is 2.08. The molecule has 1 aromatic heterocycles. The summed E-state index contributed by atoms with van der Waals surface area (Å²) in [5, 5.41) is 13.0. The first-order valence-electron chi connectivity index (χ1n) is 4.81. The van der Waals surface area contributed by atoms with E-state index in [4.69, 9.17) is 0 Å². The lowest BCUT2D eigenvalue weighted by molar-refractivity contribution is -0.384. The zero-order chi connectivity index (χ0) is 13.1. The Balaban J connectivity index is 2.12. The van der Waals surface area contributed by atoms with Gasteiger partial charge in [0, 0.05) is 30.1 Å². The number of anilines is 1. The third-order valence-electron chi connectivity index (χ3n) is 2.06. The zero-order valence-corrected chi connectivity index (χ0v) is 9.72. The van der Waals surface area contributed by atoms with Crippen molar-refractivity contribution in [2.24, 2.45) is 0 Å². The van der Waals surface area contributed by atoms with Gasteiger partial charge in [-0.15, -0.1) is 0 Å². The Kier molecular flexibility index (Phi) is 3.20. The lowest BCUT2D eigenvalue weighted by atomic mass is 10.3. The van der Waals surface area contributed by atoms with Crippen LogP contribution in [0.25, 0.3) is 0 Å². The number of carbonyl (C=O) groups excluding carboxylic acids is 1. The number of nitrogens with one attached hydrogen (secondary N) is 1. The molecule has 2 rings (SSSR count). The second kappa shape index (κ2) is 4.80. The third-order valence-corrected chi connectivity index (χ3v) is 2.86. The number of carbonyl (C=O) groups is 1. The number of aromatic nitrogens is 1. The fourth-order valence-corrected chi connectivity index (χ4v) is 1.81. The summed E-state index contributed by atoms with van der Waals surface area (Å²) in [5.41, 5.74) is 0.359. The van der Waals surface area contributed by atoms with E-state index in [0.717, 1.165) is 15.5 Å². The number of rotatable bonds is 2. The maximum absolute atomic E-state index is 11.6. The zero-order valence-electron chi connectivity index (χ0n) is 8.90. The molecule has 92 valence electrons. The van der Waals surface area contributed by atoms with E-state index >= 15 is 0 Å². The summed E-state index contributed by atoms with van der Waals surface area (Å²) >= 11 is 0.764. The molecule has 1 amide bonds. The smallest absolute Gasteiger partial charge is 0.307 e. The summed E-state index contributed by atoms with van der Waals surface area (Å²) in [4.78, 5) is 32.5. The molecule has 1 aromatic carbocycles. The number of hydrogen-bond donors (Lipinski definition) is 1. The SMILES string of the molecule is O=C(Nc1ccc([N+](=O)[O-])cc1)n1ccc(=O)s1. The minimum atomic E-state index is -0.524. The van der Waals surface area contributed by atoms with Gasteiger partial charge in [-0.25, -0.2) is 8.75 Å². The van der Waals surface area contributed by atoms with Gasteiger partial charge in [0.25, 0.3) is 5.69 Å². The van der Waals surface area contributed by atoms with Crippen LogP contribution in [-0.4, -0.2) is 14.9 Å². The molecule has 1 heterocycles. The molecule has 0 atom stereocenters. The summed E-state index contributed by atoms with van der Waals surface area (Å²) in [6.07, 6.45) is 1.35. The Morgan fingerprint density at radius 3 is 2.44 bits per heavy atom. The quantitative estimate of drug-likeness (QED) is 0.662. The van der Waals surface area contributed by atoms with Crippen molar-refractivity contribution in [2.45, 2.75) is 0 Å². The van der Waals surface area contributed by atoms with Crippen molar-refractivity contribution < 1.29 is 9.72 Å². The lowest BCUT2D eigenvalue weighted by Crippen LogP contribution is -2.16. The topological polar surface area (TPSA) is 94.2 Å². The van der Waals surface area contributed by atoms with Gasteiger partial charge >= 0.3 is 6.03 Å². The van der Waals surface area contributed by atoms with Crippen LogP contribution < -0.4 is 10.1 Å². The van der Waals surface area contributed by atoms with Crippen LogP contribution in [0.15, 0.2) is 41.3 Å². The largest absolute Gasteiger partial charge is 0.339 e. The molecular weight excluding hydrogens is 258 g/mol. The first-order chi connectivity index (χ1) is 8.56. The molecule has 18 heavy (non-hydrogen) atoms. The highest BCUT2D eigenvalue weighted by Crippen LogP contribution is 2.15. The van der Waals surface area contributed by atoms with E-state index in [1.807, 2.05) is 0 Å². The van der Waals surface area contributed by atoms with E-state index in [1.54, 1.807) is 0 Å². The Morgan fingerprint density at radius 2 is 1.94 bits per heavy atom. The van der Waals surface area contributed by atoms with Crippen molar-refractivity contribution in [3.63, 3.8) is 0 Å². The van der Waals surface area contributed by atoms with Crippen LogP contribution in [-0.2, 0) is 0 Å². The predicted molar refractivity (Wildman–Crippen MR) is 66.1 cm³/mol. The molecule has 0 saturated heterocycles. The van der Waals surface area contributed by atoms with Crippen molar-refractivity contribution in [3.8, 4) is 0 Å². The molecule has 0 spiro atoms. The van der Waals surface area contributed by atoms with Crippen molar-refractivity contribution in [1.29, 1.82) is 0 Å². The Morgan fingerprint density at radius 1 is 1.28 bits per heavy atom. The lowest BCUT2D eigenvalue weighted by Gasteiger charge is -2.03. The van der Waals surface area contributed by atoms with Crippen molar-refractivity contribution in [1.82, 2.24) is 3.96 Å². The van der Waals surface area contributed by atoms with Crippen molar-refractivity contribution >= 4 is 28.9 Å². The van der Waals surface area contributed by atoms with Crippen LogP contribution in [0.3, 0.4) is 0 Å². The van der Waals surface area contributed by atoms with E-state index in [-0.39, 0.29) is 10.4 Å². The molecule has 0 unspecified atom stereocenters. The molecule has 0 aliphatic carbocycles. The van der Waals surface area contributed by atoms with Gasteiger partial charge in [-0.3, -0.25) is 14.9 Å². The van der Waals surface area contributed by atoms with Crippen LogP contribution in [0.2, 0.25) is 0 Å². The summed E-state index contributed by atoms with van der Waals surface area (Å²) in [5.74, 6) is 0. The number of nitro benzene ring substituents is 1. The second-order valence-corrected chi connectivity index (χ2v) is 4.26. The number of nitro groups is 1. The third kappa shape index (κ3) is 2.61. The average molecular weight is 265 g/mol. The number of amides is 1. The van der Waals surface area contributed by atoms with E-state index in [2.05, 4.69) is 5.32 Å². The number of hydrogen-bond acceptors (Lipinski definition) is 5. The molecule has 0 aliphatic rings. The van der Waals surface area contributed by atoms with Gasteiger partial charge in [0.15, 0.2) is 0 Å². The van der Waals surface area contributed by atoms with Gasteiger partial charge in [-0.2, -0.15) is 0 Å². The van der Waals surface area contributed by atoms with Gasteiger partial charge in [-0.05, 0) is 23.7 Å². The highest BCUT2D eigenvalue weighted by atomic mass is 32.1. The minimum absolute atomic E-state index is 0.0568. The monoisotopic (exact) mass is 265 g/mol. The Hall–Kier alpha value is -2.48. The van der Waals surface area contributed by atoms with Gasteiger partial charge in [0.1, 0.15) is 0 Å². The summed E-state index contributed by atoms with van der Waals surface area (Å²) in [6, 6.07) is 6.20. The Bertz CT molecular complexity index is 644. The highest BCUT2D eigenvalue weighted by molar-refractivity contribution is 7.05. The first-order valence-corrected chi connectivity index (χ1v) is 5.58. The van der Waals surface area contributed by atoms with Crippen LogP contribution in [0.1, 0.15) is 0 Å². The first kappa shape index (κ1) is 12.0. The van der Waals surface area contributed by atoms with Gasteiger partial charge in [0.05, 0.1) is 4.92 Å². The second-order valence-electron chi connectivity index (χ2n) is 3.29. The maximum atomic E-state index is 11.6. The fourth-order valence-electron chi connectivity index (χ4n) is 1.24. The van der Waals surface area contributed by atoms with Crippen LogP contribution in [0.4, 0.5) is 16.2 Å². The fraction of sp³-hybridized carbons (Fsp3) is 0. The van der Waals surface area contributed by atoms with E-state index in [1.165, 1.54) is 36.5 Å². The van der Waals surface area contributed by atoms with Crippen LogP contribution >= 0.6 is 11.5 Å². The minimum Gasteiger partial charge on any atom is -0.307 e. The molecule has 8 heteroatoms. The molecule has 0 fully saturated rings. The molecule has 7 nitrogen and oxygen atoms in total. The average Bonchev–Trinajstić information content (AvgIpc) is 2.76. The molecule has 0 saturated carbocycles. The molecular formula is C10H7N3O4S. The van der Waals surface area contributed by atoms with Gasteiger partial charge in [0.2, 0.25) is 4.74 Å². The van der Waals surface area contributed by atoms with Crippen molar-refractivity contribution in [3.05, 3.63) is 56.2 Å². The number of benzene rings is 1. The van der Waals surface area contributed by atoms with Crippen LogP contribution in [0.5, 0.6) is 0 Å². The summed E-state index contributed by atoms with van der Waals surface area (Å²) in [7, 11) is 0. The normalized spacial score (nSPS) is 10.0. The van der Waals surface area contributed by atoms with E-state index in [9.17, 15) is 19.7 Å².